The van der Waals surface area contributed by atoms with Crippen LogP contribution in [0.2, 0.25) is 0 Å². The number of nitrogens with zero attached hydrogens (tertiary/aromatic N) is 1. The van der Waals surface area contributed by atoms with E-state index in [1.165, 1.54) is 19.3 Å². The first-order valence-electron chi connectivity index (χ1n) is 4.70. The first-order chi connectivity index (χ1) is 5.77. The van der Waals surface area contributed by atoms with Crippen LogP contribution in [0, 0.1) is 5.92 Å². The van der Waals surface area contributed by atoms with Gasteiger partial charge < -0.3 is 5.11 Å². The van der Waals surface area contributed by atoms with E-state index in [4.69, 9.17) is 5.11 Å². The summed E-state index contributed by atoms with van der Waals surface area (Å²) in [4.78, 5) is 10.7. The molecule has 3 heteroatoms. The maximum atomic E-state index is 10.7. The molecule has 3 nitrogen and oxygen atoms in total. The van der Waals surface area contributed by atoms with E-state index in [1.54, 1.807) is 0 Å². The van der Waals surface area contributed by atoms with Crippen molar-refractivity contribution in [2.45, 2.75) is 44.2 Å². The van der Waals surface area contributed by atoms with E-state index in [9.17, 15) is 4.79 Å². The lowest BCUT2D eigenvalue weighted by Crippen LogP contribution is -2.30. The number of carbonyl (C=O) groups is 1. The highest BCUT2D eigenvalue weighted by atomic mass is 16.4. The summed E-state index contributed by atoms with van der Waals surface area (Å²) >= 11 is 0. The fourth-order valence-corrected chi connectivity index (χ4v) is 2.40. The maximum Gasteiger partial charge on any atom is 0.322 e. The lowest BCUT2D eigenvalue weighted by molar-refractivity contribution is -0.139. The first kappa shape index (κ1) is 8.05. The van der Waals surface area contributed by atoms with Gasteiger partial charge in [0.05, 0.1) is 0 Å². The van der Waals surface area contributed by atoms with Gasteiger partial charge in [-0.1, -0.05) is 12.8 Å². The molecule has 1 aliphatic carbocycles. The van der Waals surface area contributed by atoms with Gasteiger partial charge in [-0.15, -0.1) is 0 Å². The summed E-state index contributed by atoms with van der Waals surface area (Å²) in [5, 5.41) is 13.1. The van der Waals surface area contributed by atoms with Crippen LogP contribution in [0.5, 0.6) is 0 Å². The van der Waals surface area contributed by atoms with E-state index in [2.05, 4.69) is 5.32 Å². The second-order valence-electron chi connectivity index (χ2n) is 3.85. The highest BCUT2D eigenvalue weighted by Gasteiger charge is 2.39. The van der Waals surface area contributed by atoms with Crippen molar-refractivity contribution < 1.29 is 9.90 Å². The van der Waals surface area contributed by atoms with E-state index in [1.807, 2.05) is 0 Å². The number of rotatable bonds is 1. The number of fused-ring (bicyclic) bond motifs is 1. The van der Waals surface area contributed by atoms with Crippen LogP contribution >= 0.6 is 0 Å². The quantitative estimate of drug-likeness (QED) is 0.635. The van der Waals surface area contributed by atoms with Crippen molar-refractivity contribution in [3.63, 3.8) is 0 Å². The van der Waals surface area contributed by atoms with E-state index in [-0.39, 0.29) is 0 Å². The fourth-order valence-electron chi connectivity index (χ4n) is 2.40. The SMILES string of the molecule is O=C(O)[C@@H]1CC2CCCCC2[N]1. The Labute approximate surface area is 72.2 Å². The van der Waals surface area contributed by atoms with Gasteiger partial charge in [-0.3, -0.25) is 4.79 Å². The summed E-state index contributed by atoms with van der Waals surface area (Å²) in [7, 11) is 0. The highest BCUT2D eigenvalue weighted by Crippen LogP contribution is 2.34. The first-order valence-corrected chi connectivity index (χ1v) is 4.70. The predicted octanol–water partition coefficient (Wildman–Crippen LogP) is 1.01. The molecule has 0 aromatic rings. The maximum absolute atomic E-state index is 10.7. The van der Waals surface area contributed by atoms with Crippen molar-refractivity contribution >= 4 is 5.97 Å². The molecule has 1 N–H and O–H groups in total. The Morgan fingerprint density at radius 3 is 2.75 bits per heavy atom. The van der Waals surface area contributed by atoms with Gasteiger partial charge in [0.25, 0.3) is 0 Å². The molecule has 1 heterocycles. The van der Waals surface area contributed by atoms with Crippen LogP contribution in [-0.2, 0) is 4.79 Å². The minimum absolute atomic E-state index is 0.375. The van der Waals surface area contributed by atoms with Crippen molar-refractivity contribution in [1.29, 1.82) is 0 Å². The molecule has 0 aromatic heterocycles. The van der Waals surface area contributed by atoms with Crippen molar-refractivity contribution in [1.82, 2.24) is 5.32 Å². The molecule has 2 rings (SSSR count). The van der Waals surface area contributed by atoms with E-state index < -0.39 is 12.0 Å². The van der Waals surface area contributed by atoms with Gasteiger partial charge >= 0.3 is 5.97 Å². The van der Waals surface area contributed by atoms with Crippen LogP contribution in [0.1, 0.15) is 32.1 Å². The predicted molar refractivity (Wildman–Crippen MR) is 43.9 cm³/mol. The summed E-state index contributed by atoms with van der Waals surface area (Å²) < 4.78 is 0. The van der Waals surface area contributed by atoms with Gasteiger partial charge in [0.2, 0.25) is 0 Å². The molecule has 67 valence electrons. The van der Waals surface area contributed by atoms with Crippen LogP contribution in [-0.4, -0.2) is 23.2 Å². The molecule has 1 radical (unpaired) electrons. The van der Waals surface area contributed by atoms with Crippen LogP contribution in [0.25, 0.3) is 0 Å². The van der Waals surface area contributed by atoms with Crippen LogP contribution in [0.15, 0.2) is 0 Å². The molecular formula is C9H14NO2. The van der Waals surface area contributed by atoms with Gasteiger partial charge in [-0.25, -0.2) is 5.32 Å². The number of aliphatic carboxylic acids is 1. The zero-order valence-electron chi connectivity index (χ0n) is 7.07. The second-order valence-corrected chi connectivity index (χ2v) is 3.85. The van der Waals surface area contributed by atoms with Crippen LogP contribution in [0.3, 0.4) is 0 Å². The third-order valence-electron chi connectivity index (χ3n) is 3.05. The Bertz CT molecular complexity index is 179. The molecule has 1 saturated carbocycles. The molecule has 2 unspecified atom stereocenters. The molecule has 12 heavy (non-hydrogen) atoms. The Morgan fingerprint density at radius 1 is 1.33 bits per heavy atom. The minimum Gasteiger partial charge on any atom is -0.480 e. The number of carboxylic acid groups (broad SMARTS) is 1. The Hall–Kier alpha value is -0.570. The average Bonchev–Trinajstić information content (AvgIpc) is 2.46. The molecule has 1 saturated heterocycles. The second kappa shape index (κ2) is 3.05. The minimum atomic E-state index is -0.732. The third kappa shape index (κ3) is 1.33. The summed E-state index contributed by atoms with van der Waals surface area (Å²) in [5.74, 6) is -0.149. The normalized spacial score (nSPS) is 40.8. The topological polar surface area (TPSA) is 51.4 Å². The summed E-state index contributed by atoms with van der Waals surface area (Å²) in [5.41, 5.74) is 0. The molecule has 0 aromatic carbocycles. The van der Waals surface area contributed by atoms with Gasteiger partial charge in [-0.05, 0) is 25.2 Å². The Morgan fingerprint density at radius 2 is 2.08 bits per heavy atom. The van der Waals surface area contributed by atoms with Gasteiger partial charge in [0, 0.05) is 6.04 Å². The molecule has 0 spiro atoms. The lowest BCUT2D eigenvalue weighted by Gasteiger charge is -2.22. The van der Waals surface area contributed by atoms with Gasteiger partial charge in [0.1, 0.15) is 6.04 Å². The Balaban J connectivity index is 1.98. The van der Waals surface area contributed by atoms with Crippen molar-refractivity contribution in [3.8, 4) is 0 Å². The molecule has 2 aliphatic rings. The lowest BCUT2D eigenvalue weighted by atomic mass is 9.85. The average molecular weight is 168 g/mol. The highest BCUT2D eigenvalue weighted by molar-refractivity contribution is 5.73. The van der Waals surface area contributed by atoms with Crippen molar-refractivity contribution in [2.75, 3.05) is 0 Å². The zero-order chi connectivity index (χ0) is 8.55. The molecule has 0 amide bonds. The fraction of sp³-hybridized carbons (Fsp3) is 0.889. The molecular weight excluding hydrogens is 154 g/mol. The monoisotopic (exact) mass is 168 g/mol. The summed E-state index contributed by atoms with van der Waals surface area (Å²) in [6.07, 6.45) is 5.60. The van der Waals surface area contributed by atoms with E-state index in [0.29, 0.717) is 12.0 Å². The summed E-state index contributed by atoms with van der Waals surface area (Å²) in [6.45, 7) is 0. The smallest absolute Gasteiger partial charge is 0.322 e. The van der Waals surface area contributed by atoms with Crippen molar-refractivity contribution in [3.05, 3.63) is 0 Å². The molecule has 2 fully saturated rings. The molecule has 1 aliphatic heterocycles. The van der Waals surface area contributed by atoms with Gasteiger partial charge in [0.15, 0.2) is 0 Å². The van der Waals surface area contributed by atoms with Crippen LogP contribution in [0.4, 0.5) is 0 Å². The van der Waals surface area contributed by atoms with E-state index in [0.717, 1.165) is 12.8 Å². The standard InChI is InChI=1S/C9H14NO2/c11-9(12)8-5-6-3-1-2-4-7(6)10-8/h6-8H,1-5H2,(H,11,12)/t6?,7?,8-/m0/s1. The van der Waals surface area contributed by atoms with Crippen LogP contribution < -0.4 is 5.32 Å². The molecule has 0 bridgehead atoms. The van der Waals surface area contributed by atoms with Crippen molar-refractivity contribution in [2.24, 2.45) is 5.92 Å². The van der Waals surface area contributed by atoms with Gasteiger partial charge in [-0.2, -0.15) is 0 Å². The number of hydrogen-bond acceptors (Lipinski definition) is 1. The number of hydrogen-bond donors (Lipinski definition) is 1. The van der Waals surface area contributed by atoms with E-state index >= 15 is 0 Å². The summed E-state index contributed by atoms with van der Waals surface area (Å²) in [6, 6.07) is -0.0158. The third-order valence-corrected chi connectivity index (χ3v) is 3.05. The number of carboxylic acids is 1. The Kier molecular flexibility index (Phi) is 2.05. The zero-order valence-corrected chi connectivity index (χ0v) is 7.07. The molecule has 3 atom stereocenters. The largest absolute Gasteiger partial charge is 0.480 e.